The smallest absolute Gasteiger partial charge is 0.325 e. The molecule has 0 bridgehead atoms. The number of aliphatic hydroxyl groups is 4. The molecule has 15 nitrogen and oxygen atoms in total. The van der Waals surface area contributed by atoms with E-state index in [1.807, 2.05) is 64.0 Å². The maximum absolute atomic E-state index is 14.1. The number of aromatic nitrogens is 2. The zero-order chi connectivity index (χ0) is 42.7. The van der Waals surface area contributed by atoms with Gasteiger partial charge in [-0.3, -0.25) is 14.4 Å². The molecule has 2 aliphatic heterocycles. The molecule has 1 aromatic carbocycles. The zero-order valence-electron chi connectivity index (χ0n) is 36.2. The van der Waals surface area contributed by atoms with Crippen LogP contribution in [0.25, 0.3) is 0 Å². The molecule has 15 heteroatoms. The molecule has 0 radical (unpaired) electrons. The summed E-state index contributed by atoms with van der Waals surface area (Å²) in [6, 6.07) is 9.50. The minimum atomic E-state index is -1.80. The van der Waals surface area contributed by atoms with Gasteiger partial charge in [0.15, 0.2) is 18.2 Å². The quantitative estimate of drug-likeness (QED) is 0.299. The summed E-state index contributed by atoms with van der Waals surface area (Å²) in [5.74, 6) is -1.93. The van der Waals surface area contributed by atoms with Crippen molar-refractivity contribution in [3.8, 4) is 5.75 Å². The van der Waals surface area contributed by atoms with Gasteiger partial charge in [-0.15, -0.1) is 0 Å². The van der Waals surface area contributed by atoms with Crippen molar-refractivity contribution in [2.45, 2.75) is 148 Å². The first-order chi connectivity index (χ1) is 26.5. The molecule has 2 fully saturated rings. The molecular weight excluding hydrogens is 734 g/mol. The maximum atomic E-state index is 14.1. The van der Waals surface area contributed by atoms with Crippen LogP contribution < -0.4 is 9.64 Å². The summed E-state index contributed by atoms with van der Waals surface area (Å²) in [5, 5.41) is 51.9. The fourth-order valence-corrected chi connectivity index (χ4v) is 8.56. The molecular formula is C42H69N5O10. The average molecular weight is 804 g/mol. The Kier molecular flexibility index (Phi) is 15.2. The second-order valence-electron chi connectivity index (χ2n) is 17.3. The molecule has 2 aromatic rings. The summed E-state index contributed by atoms with van der Waals surface area (Å²) in [4.78, 5) is 32.8. The average Bonchev–Trinajstić information content (AvgIpc) is 3.50. The molecule has 0 aliphatic carbocycles. The second kappa shape index (κ2) is 18.7. The summed E-state index contributed by atoms with van der Waals surface area (Å²) in [6.45, 7) is 16.1. The number of aryl methyl sites for hydroxylation is 2. The van der Waals surface area contributed by atoms with Crippen molar-refractivity contribution in [3.05, 3.63) is 42.1 Å². The first-order valence-corrected chi connectivity index (χ1v) is 20.3. The Balaban J connectivity index is 1.76. The zero-order valence-corrected chi connectivity index (χ0v) is 36.2. The van der Waals surface area contributed by atoms with Crippen LogP contribution in [0.4, 0.5) is 10.6 Å². The van der Waals surface area contributed by atoms with Gasteiger partial charge in [0.25, 0.3) is 0 Å². The Bertz CT molecular complexity index is 1600. The summed E-state index contributed by atoms with van der Waals surface area (Å²) < 4.78 is 27.6. The van der Waals surface area contributed by atoms with E-state index in [1.54, 1.807) is 63.5 Å². The number of esters is 1. The van der Waals surface area contributed by atoms with Crippen molar-refractivity contribution < 1.29 is 49.0 Å². The number of likely N-dealkylation sites (N-methyl/N-ethyl adjacent to an activating group) is 2. The van der Waals surface area contributed by atoms with Crippen LogP contribution in [0.5, 0.6) is 5.75 Å². The van der Waals surface area contributed by atoms with Crippen LogP contribution in [0.2, 0.25) is 0 Å². The molecule has 0 spiro atoms. The number of cyclic esters (lactones) is 1. The molecule has 1 aromatic heterocycles. The third kappa shape index (κ3) is 10.5. The molecule has 2 saturated heterocycles. The molecule has 0 unspecified atom stereocenters. The topological polar surface area (TPSA) is 180 Å². The number of benzene rings is 1. The van der Waals surface area contributed by atoms with E-state index in [0.29, 0.717) is 24.5 Å². The molecule has 0 saturated carbocycles. The lowest BCUT2D eigenvalue weighted by Crippen LogP contribution is -2.62. The standard InChI is InChI=1S/C42H69N5O10/c1-14-32-42(9,53)36(49)29(7)44(10)23-24(2)22-41(8,52)37(27(5)34(48)28(6)38(50)56-32)57-39-35(55-30-18-16-15-17-19-30)31(21-26(4)54-39)45(11)40(51)46(12)33-20-25(3)47(13)43-33/h15-20,24,26-29,31-32,34-37,39,48-49,52-53H,14,21-23H2,1-13H3/t24-,26-,27+,28-,29-,31+,32-,34+,35-,36-,37-,39+,41-,42-/m1/s1. The Morgan fingerprint density at radius 3 is 2.26 bits per heavy atom. The minimum Gasteiger partial charge on any atom is -0.483 e. The second-order valence-corrected chi connectivity index (χ2v) is 17.3. The first kappa shape index (κ1) is 46.4. The van der Waals surface area contributed by atoms with E-state index in [9.17, 15) is 30.0 Å². The number of hydrogen-bond donors (Lipinski definition) is 4. The van der Waals surface area contributed by atoms with E-state index in [1.165, 1.54) is 18.7 Å². The van der Waals surface area contributed by atoms with E-state index in [2.05, 4.69) is 5.10 Å². The molecule has 57 heavy (non-hydrogen) atoms. The number of para-hydroxylation sites is 1. The number of aliphatic hydroxyl groups excluding tert-OH is 2. The number of carbonyl (C=O) groups excluding carboxylic acids is 2. The van der Waals surface area contributed by atoms with E-state index in [0.717, 1.165) is 5.69 Å². The van der Waals surface area contributed by atoms with Gasteiger partial charge in [-0.1, -0.05) is 39.0 Å². The van der Waals surface area contributed by atoms with Crippen molar-refractivity contribution in [1.29, 1.82) is 0 Å². The van der Waals surface area contributed by atoms with Gasteiger partial charge >= 0.3 is 12.0 Å². The third-order valence-electron chi connectivity index (χ3n) is 12.3. The van der Waals surface area contributed by atoms with Gasteiger partial charge in [-0.25, -0.2) is 4.79 Å². The fraction of sp³-hybridized carbons (Fsp3) is 0.738. The highest BCUT2D eigenvalue weighted by atomic mass is 16.7. The van der Waals surface area contributed by atoms with Crippen molar-refractivity contribution in [1.82, 2.24) is 19.6 Å². The van der Waals surface area contributed by atoms with Crippen LogP contribution in [-0.2, 0) is 26.1 Å². The number of anilines is 1. The van der Waals surface area contributed by atoms with Crippen molar-refractivity contribution in [3.63, 3.8) is 0 Å². The monoisotopic (exact) mass is 804 g/mol. The Morgan fingerprint density at radius 2 is 1.68 bits per heavy atom. The predicted molar refractivity (Wildman–Crippen MR) is 216 cm³/mol. The van der Waals surface area contributed by atoms with Gasteiger partial charge in [-0.05, 0) is 85.9 Å². The van der Waals surface area contributed by atoms with Crippen LogP contribution in [0, 0.1) is 24.7 Å². The maximum Gasteiger partial charge on any atom is 0.325 e. The molecule has 4 N–H and O–H groups in total. The van der Waals surface area contributed by atoms with Crippen LogP contribution in [0.1, 0.15) is 80.3 Å². The van der Waals surface area contributed by atoms with Crippen molar-refractivity contribution >= 4 is 17.8 Å². The molecule has 3 heterocycles. The van der Waals surface area contributed by atoms with Crippen molar-refractivity contribution in [2.75, 3.05) is 32.6 Å². The van der Waals surface area contributed by atoms with Gasteiger partial charge in [0.2, 0.25) is 0 Å². The number of nitrogens with zero attached hydrogens (tertiary/aromatic N) is 5. The number of ether oxygens (including phenoxy) is 4. The number of amides is 2. The van der Waals surface area contributed by atoms with E-state index in [-0.39, 0.29) is 24.8 Å². The number of rotatable bonds is 7. The number of urea groups is 1. The van der Waals surface area contributed by atoms with Gasteiger partial charge in [0.1, 0.15) is 23.6 Å². The Labute approximate surface area is 338 Å². The highest BCUT2D eigenvalue weighted by Crippen LogP contribution is 2.38. The lowest BCUT2D eigenvalue weighted by molar-refractivity contribution is -0.293. The largest absolute Gasteiger partial charge is 0.483 e. The highest BCUT2D eigenvalue weighted by Gasteiger charge is 2.51. The van der Waals surface area contributed by atoms with Crippen LogP contribution in [0.15, 0.2) is 36.4 Å². The summed E-state index contributed by atoms with van der Waals surface area (Å²) >= 11 is 0. The normalized spacial score (nSPS) is 37.7. The molecule has 4 rings (SSSR count). The molecule has 2 amide bonds. The fourth-order valence-electron chi connectivity index (χ4n) is 8.56. The molecule has 14 atom stereocenters. The van der Waals surface area contributed by atoms with Gasteiger partial charge in [0.05, 0.1) is 35.9 Å². The van der Waals surface area contributed by atoms with Crippen LogP contribution in [-0.4, -0.2) is 146 Å². The number of hydrogen-bond acceptors (Lipinski definition) is 12. The summed E-state index contributed by atoms with van der Waals surface area (Å²) in [6.07, 6.45) is -6.54. The van der Waals surface area contributed by atoms with Crippen LogP contribution in [0.3, 0.4) is 0 Å². The lowest BCUT2D eigenvalue weighted by Gasteiger charge is -2.48. The molecule has 322 valence electrons. The number of carbonyl (C=O) groups is 2. The van der Waals surface area contributed by atoms with E-state index < -0.39 is 84.0 Å². The van der Waals surface area contributed by atoms with Crippen LogP contribution >= 0.6 is 0 Å². The third-order valence-corrected chi connectivity index (χ3v) is 12.3. The first-order valence-electron chi connectivity index (χ1n) is 20.3. The Hall–Kier alpha value is -3.31. The predicted octanol–water partition coefficient (Wildman–Crippen LogP) is 3.73. The van der Waals surface area contributed by atoms with Gasteiger partial charge in [0, 0.05) is 51.4 Å². The molecule has 2 aliphatic rings. The highest BCUT2D eigenvalue weighted by molar-refractivity contribution is 5.90. The Morgan fingerprint density at radius 1 is 1.05 bits per heavy atom. The SMILES string of the molecule is CC[C@H]1OC(=O)[C@H](C)[C@@H](O)[C@H](C)[C@@H](O[C@@H]2O[C@H](C)C[C@H](N(C)C(=O)N(C)c3cc(C)n(C)n3)[C@H]2Oc2ccccc2)[C@](C)(O)C[C@@H](C)CN(C)[C@H](C)[C@@H](O)[C@]1(C)O. The van der Waals surface area contributed by atoms with E-state index >= 15 is 0 Å². The van der Waals surface area contributed by atoms with Gasteiger partial charge in [-0.2, -0.15) is 5.10 Å². The minimum absolute atomic E-state index is 0.174. The van der Waals surface area contributed by atoms with Crippen molar-refractivity contribution in [2.24, 2.45) is 24.8 Å². The summed E-state index contributed by atoms with van der Waals surface area (Å²) in [7, 11) is 7.01. The van der Waals surface area contributed by atoms with Gasteiger partial charge < -0.3 is 49.2 Å². The van der Waals surface area contributed by atoms with E-state index in [4.69, 9.17) is 18.9 Å². The summed E-state index contributed by atoms with van der Waals surface area (Å²) in [5.41, 5.74) is -2.52. The lowest BCUT2D eigenvalue weighted by atomic mass is 9.78.